The van der Waals surface area contributed by atoms with E-state index in [1.165, 1.54) is 0 Å². The smallest absolute Gasteiger partial charge is 0.231 e. The zero-order chi connectivity index (χ0) is 13.5. The molecule has 2 atom stereocenters. The predicted molar refractivity (Wildman–Crippen MR) is 73.3 cm³/mol. The van der Waals surface area contributed by atoms with Crippen molar-refractivity contribution in [3.05, 3.63) is 35.9 Å². The number of rotatable bonds is 6. The Morgan fingerprint density at radius 2 is 1.89 bits per heavy atom. The predicted octanol–water partition coefficient (Wildman–Crippen LogP) is 2.22. The lowest BCUT2D eigenvalue weighted by Crippen LogP contribution is -2.39. The zero-order valence-electron chi connectivity index (χ0n) is 10.9. The molecule has 18 heavy (non-hydrogen) atoms. The summed E-state index contributed by atoms with van der Waals surface area (Å²) in [5, 5.41) is 10.4. The fraction of sp³-hybridized carbons (Fsp3) is 0.429. The molecule has 0 bridgehead atoms. The van der Waals surface area contributed by atoms with Crippen molar-refractivity contribution in [3.8, 4) is 0 Å². The standard InChI is InChI=1S/C14H21N3O/c1-3-11(13(15)16)14(18)17-12(4-2)10-8-6-5-7-9-10/h5-9,11-12H,3-4H2,1-2H3,(H3,15,16)(H,17,18)/t11?,12-/m1/s1. The van der Waals surface area contributed by atoms with Crippen molar-refractivity contribution in [1.82, 2.24) is 5.32 Å². The van der Waals surface area contributed by atoms with Gasteiger partial charge in [-0.05, 0) is 18.4 Å². The number of carbonyl (C=O) groups excluding carboxylic acids is 1. The van der Waals surface area contributed by atoms with Crippen molar-refractivity contribution >= 4 is 11.7 Å². The lowest BCUT2D eigenvalue weighted by Gasteiger charge is -2.21. The van der Waals surface area contributed by atoms with Crippen molar-refractivity contribution in [1.29, 1.82) is 5.41 Å². The summed E-state index contributed by atoms with van der Waals surface area (Å²) in [5.41, 5.74) is 6.50. The third kappa shape index (κ3) is 3.58. The lowest BCUT2D eigenvalue weighted by molar-refractivity contribution is -0.123. The molecule has 0 aliphatic rings. The van der Waals surface area contributed by atoms with E-state index in [1.54, 1.807) is 0 Å². The summed E-state index contributed by atoms with van der Waals surface area (Å²) < 4.78 is 0. The molecule has 1 aromatic rings. The first-order chi connectivity index (χ1) is 8.60. The summed E-state index contributed by atoms with van der Waals surface area (Å²) in [7, 11) is 0. The molecule has 98 valence electrons. The monoisotopic (exact) mass is 247 g/mol. The fourth-order valence-corrected chi connectivity index (χ4v) is 1.93. The Balaban J connectivity index is 2.75. The second kappa shape index (κ2) is 6.79. The van der Waals surface area contributed by atoms with Crippen LogP contribution in [0.15, 0.2) is 30.3 Å². The number of amides is 1. The zero-order valence-corrected chi connectivity index (χ0v) is 10.9. The maximum atomic E-state index is 12.0. The van der Waals surface area contributed by atoms with Crippen LogP contribution in [0.3, 0.4) is 0 Å². The molecule has 0 saturated carbocycles. The quantitative estimate of drug-likeness (QED) is 0.532. The minimum atomic E-state index is -0.525. The highest BCUT2D eigenvalue weighted by Crippen LogP contribution is 2.17. The average Bonchev–Trinajstić information content (AvgIpc) is 2.37. The normalized spacial score (nSPS) is 13.7. The Kier molecular flexibility index (Phi) is 5.36. The van der Waals surface area contributed by atoms with E-state index in [-0.39, 0.29) is 17.8 Å². The molecule has 1 rings (SSSR count). The van der Waals surface area contributed by atoms with E-state index in [0.717, 1.165) is 12.0 Å². The van der Waals surface area contributed by atoms with Gasteiger partial charge in [0.1, 0.15) is 5.84 Å². The molecule has 4 heteroatoms. The summed E-state index contributed by atoms with van der Waals surface area (Å²) in [5.74, 6) is -0.763. The molecule has 0 fully saturated rings. The van der Waals surface area contributed by atoms with E-state index in [1.807, 2.05) is 44.2 Å². The first-order valence-corrected chi connectivity index (χ1v) is 6.29. The maximum Gasteiger partial charge on any atom is 0.231 e. The Morgan fingerprint density at radius 1 is 1.28 bits per heavy atom. The third-order valence-corrected chi connectivity index (χ3v) is 3.03. The highest BCUT2D eigenvalue weighted by molar-refractivity contribution is 6.00. The van der Waals surface area contributed by atoms with Crippen LogP contribution in [0.5, 0.6) is 0 Å². The van der Waals surface area contributed by atoms with Crippen LogP contribution in [0.2, 0.25) is 0 Å². The van der Waals surface area contributed by atoms with Gasteiger partial charge in [-0.2, -0.15) is 0 Å². The number of amidine groups is 1. The lowest BCUT2D eigenvalue weighted by atomic mass is 10.0. The second-order valence-corrected chi connectivity index (χ2v) is 4.30. The summed E-state index contributed by atoms with van der Waals surface area (Å²) in [4.78, 5) is 12.0. The molecule has 0 aromatic heterocycles. The van der Waals surface area contributed by atoms with Gasteiger partial charge in [0.2, 0.25) is 5.91 Å². The molecule has 4 nitrogen and oxygen atoms in total. The number of nitrogens with two attached hydrogens (primary N) is 1. The fourth-order valence-electron chi connectivity index (χ4n) is 1.93. The van der Waals surface area contributed by atoms with Crippen molar-refractivity contribution < 1.29 is 4.79 Å². The minimum Gasteiger partial charge on any atom is -0.387 e. The van der Waals surface area contributed by atoms with Gasteiger partial charge in [0, 0.05) is 0 Å². The van der Waals surface area contributed by atoms with E-state index in [2.05, 4.69) is 5.32 Å². The topological polar surface area (TPSA) is 79.0 Å². The van der Waals surface area contributed by atoms with Crippen molar-refractivity contribution in [2.24, 2.45) is 11.7 Å². The van der Waals surface area contributed by atoms with E-state index >= 15 is 0 Å². The van der Waals surface area contributed by atoms with Gasteiger partial charge in [0.05, 0.1) is 12.0 Å². The molecular formula is C14H21N3O. The van der Waals surface area contributed by atoms with Crippen molar-refractivity contribution in [2.75, 3.05) is 0 Å². The van der Waals surface area contributed by atoms with Gasteiger partial charge in [0.25, 0.3) is 0 Å². The number of benzene rings is 1. The van der Waals surface area contributed by atoms with Gasteiger partial charge in [-0.15, -0.1) is 0 Å². The van der Waals surface area contributed by atoms with E-state index < -0.39 is 5.92 Å². The highest BCUT2D eigenvalue weighted by atomic mass is 16.2. The summed E-state index contributed by atoms with van der Waals surface area (Å²) in [6.45, 7) is 3.88. The Labute approximate surface area is 108 Å². The van der Waals surface area contributed by atoms with Crippen LogP contribution >= 0.6 is 0 Å². The summed E-state index contributed by atoms with van der Waals surface area (Å²) >= 11 is 0. The number of nitrogens with one attached hydrogen (secondary N) is 2. The molecule has 1 unspecified atom stereocenters. The number of hydrogen-bond donors (Lipinski definition) is 3. The summed E-state index contributed by atoms with van der Waals surface area (Å²) in [6, 6.07) is 9.81. The highest BCUT2D eigenvalue weighted by Gasteiger charge is 2.22. The van der Waals surface area contributed by atoms with Crippen LogP contribution in [0, 0.1) is 11.3 Å². The molecule has 0 aliphatic carbocycles. The van der Waals surface area contributed by atoms with E-state index in [9.17, 15) is 4.79 Å². The van der Waals surface area contributed by atoms with Crippen LogP contribution in [-0.4, -0.2) is 11.7 Å². The molecule has 4 N–H and O–H groups in total. The largest absolute Gasteiger partial charge is 0.387 e. The maximum absolute atomic E-state index is 12.0. The van der Waals surface area contributed by atoms with E-state index in [4.69, 9.17) is 11.1 Å². The molecule has 0 radical (unpaired) electrons. The van der Waals surface area contributed by atoms with E-state index in [0.29, 0.717) is 6.42 Å². The minimum absolute atomic E-state index is 0.0212. The van der Waals surface area contributed by atoms with Gasteiger partial charge in [-0.25, -0.2) is 0 Å². The van der Waals surface area contributed by atoms with Gasteiger partial charge in [-0.1, -0.05) is 44.2 Å². The third-order valence-electron chi connectivity index (χ3n) is 3.03. The molecule has 0 spiro atoms. The van der Waals surface area contributed by atoms with Gasteiger partial charge < -0.3 is 11.1 Å². The Hall–Kier alpha value is -1.84. The first-order valence-electron chi connectivity index (χ1n) is 6.29. The Bertz CT molecular complexity index is 403. The van der Waals surface area contributed by atoms with Crippen LogP contribution in [-0.2, 0) is 4.79 Å². The van der Waals surface area contributed by atoms with Crippen molar-refractivity contribution in [2.45, 2.75) is 32.7 Å². The molecule has 0 aliphatic heterocycles. The first kappa shape index (κ1) is 14.2. The van der Waals surface area contributed by atoms with Crippen LogP contribution in [0.25, 0.3) is 0 Å². The van der Waals surface area contributed by atoms with Crippen LogP contribution in [0.4, 0.5) is 0 Å². The molecule has 1 amide bonds. The second-order valence-electron chi connectivity index (χ2n) is 4.30. The summed E-state index contributed by atoms with van der Waals surface area (Å²) in [6.07, 6.45) is 1.36. The average molecular weight is 247 g/mol. The van der Waals surface area contributed by atoms with Gasteiger partial charge in [0.15, 0.2) is 0 Å². The van der Waals surface area contributed by atoms with Gasteiger partial charge in [-0.3, -0.25) is 10.2 Å². The van der Waals surface area contributed by atoms with Crippen molar-refractivity contribution in [3.63, 3.8) is 0 Å². The van der Waals surface area contributed by atoms with Crippen LogP contribution < -0.4 is 11.1 Å². The molecule has 0 heterocycles. The van der Waals surface area contributed by atoms with Crippen LogP contribution in [0.1, 0.15) is 38.3 Å². The molecule has 1 aromatic carbocycles. The SMILES string of the molecule is CCC(C(=N)N)C(=O)N[C@H](CC)c1ccccc1. The Morgan fingerprint density at radius 3 is 2.33 bits per heavy atom. The number of carbonyl (C=O) groups is 1. The molecular weight excluding hydrogens is 226 g/mol. The van der Waals surface area contributed by atoms with Gasteiger partial charge >= 0.3 is 0 Å². The number of hydrogen-bond acceptors (Lipinski definition) is 2. The molecule has 0 saturated heterocycles.